The van der Waals surface area contributed by atoms with Crippen molar-refractivity contribution in [1.82, 2.24) is 9.13 Å². The first-order valence-corrected chi connectivity index (χ1v) is 5.92. The molecule has 0 saturated heterocycles. The number of hydrogen-bond donors (Lipinski definition) is 2. The van der Waals surface area contributed by atoms with Gasteiger partial charge < -0.3 is 15.6 Å². The molecule has 1 amide bonds. The Labute approximate surface area is 114 Å². The fourth-order valence-electron chi connectivity index (χ4n) is 1.61. The summed E-state index contributed by atoms with van der Waals surface area (Å²) in [7, 11) is 1.62. The zero-order chi connectivity index (χ0) is 14.0. The van der Waals surface area contributed by atoms with Crippen molar-refractivity contribution < 1.29 is 4.79 Å². The van der Waals surface area contributed by atoms with Crippen LogP contribution >= 0.6 is 11.6 Å². The van der Waals surface area contributed by atoms with Crippen molar-refractivity contribution in [3.63, 3.8) is 0 Å². The minimum Gasteiger partial charge on any atom is -0.399 e. The third kappa shape index (κ3) is 2.97. The molecular weight excluding hydrogens is 268 g/mol. The van der Waals surface area contributed by atoms with Crippen LogP contribution in [0.3, 0.4) is 0 Å². The summed E-state index contributed by atoms with van der Waals surface area (Å²) in [5.41, 5.74) is 6.29. The lowest BCUT2D eigenvalue weighted by Gasteiger charge is -2.07. The lowest BCUT2D eigenvalue weighted by Crippen LogP contribution is -2.28. The van der Waals surface area contributed by atoms with Crippen LogP contribution in [-0.2, 0) is 18.4 Å². The highest BCUT2D eigenvalue weighted by atomic mass is 35.5. The van der Waals surface area contributed by atoms with Crippen LogP contribution in [0.25, 0.3) is 0 Å². The topological polar surface area (TPSA) is 82.1 Å². The van der Waals surface area contributed by atoms with E-state index in [4.69, 9.17) is 17.3 Å². The van der Waals surface area contributed by atoms with Gasteiger partial charge in [-0.2, -0.15) is 0 Å². The standard InChI is InChI=1S/C12H13ClN4O2/c1-16-4-5-17(12(16)19)7-11(18)15-10-3-2-8(14)6-9(10)13/h2-6H,7,14H2,1H3,(H,15,18). The lowest BCUT2D eigenvalue weighted by molar-refractivity contribution is -0.116. The first-order valence-electron chi connectivity index (χ1n) is 5.54. The number of halogens is 1. The number of anilines is 2. The summed E-state index contributed by atoms with van der Waals surface area (Å²) in [6.07, 6.45) is 3.14. The van der Waals surface area contributed by atoms with E-state index in [2.05, 4.69) is 5.32 Å². The highest BCUT2D eigenvalue weighted by molar-refractivity contribution is 6.34. The quantitative estimate of drug-likeness (QED) is 0.825. The maximum absolute atomic E-state index is 11.8. The molecule has 0 fully saturated rings. The van der Waals surface area contributed by atoms with Crippen LogP contribution in [0.4, 0.5) is 11.4 Å². The van der Waals surface area contributed by atoms with Crippen LogP contribution in [0.15, 0.2) is 35.4 Å². The van der Waals surface area contributed by atoms with Gasteiger partial charge in [-0.3, -0.25) is 9.36 Å². The largest absolute Gasteiger partial charge is 0.399 e. The van der Waals surface area contributed by atoms with E-state index in [0.717, 1.165) is 0 Å². The first-order chi connectivity index (χ1) is 8.97. The van der Waals surface area contributed by atoms with E-state index in [9.17, 15) is 9.59 Å². The van der Waals surface area contributed by atoms with Gasteiger partial charge in [-0.15, -0.1) is 0 Å². The van der Waals surface area contributed by atoms with Crippen molar-refractivity contribution in [2.75, 3.05) is 11.1 Å². The number of nitrogen functional groups attached to an aromatic ring is 1. The van der Waals surface area contributed by atoms with Crippen LogP contribution < -0.4 is 16.7 Å². The average Bonchev–Trinajstić information content (AvgIpc) is 2.65. The molecule has 1 aromatic carbocycles. The van der Waals surface area contributed by atoms with Gasteiger partial charge in [0.15, 0.2) is 0 Å². The second-order valence-corrected chi connectivity index (χ2v) is 4.51. The van der Waals surface area contributed by atoms with Crippen molar-refractivity contribution >= 4 is 28.9 Å². The van der Waals surface area contributed by atoms with E-state index >= 15 is 0 Å². The SMILES string of the molecule is Cn1ccn(CC(=O)Nc2ccc(N)cc2Cl)c1=O. The third-order valence-corrected chi connectivity index (χ3v) is 2.91. The molecule has 0 unspecified atom stereocenters. The minimum atomic E-state index is -0.333. The smallest absolute Gasteiger partial charge is 0.328 e. The Morgan fingerprint density at radius 3 is 2.74 bits per heavy atom. The number of benzene rings is 1. The van der Waals surface area contributed by atoms with E-state index in [-0.39, 0.29) is 18.1 Å². The van der Waals surface area contributed by atoms with Gasteiger partial charge in [-0.05, 0) is 18.2 Å². The highest BCUT2D eigenvalue weighted by Crippen LogP contribution is 2.23. The number of amides is 1. The monoisotopic (exact) mass is 280 g/mol. The molecule has 0 atom stereocenters. The van der Waals surface area contributed by atoms with E-state index < -0.39 is 0 Å². The van der Waals surface area contributed by atoms with Crippen LogP contribution in [0.5, 0.6) is 0 Å². The highest BCUT2D eigenvalue weighted by Gasteiger charge is 2.09. The van der Waals surface area contributed by atoms with Gasteiger partial charge in [0, 0.05) is 25.1 Å². The Bertz CT molecular complexity index is 675. The molecule has 0 saturated carbocycles. The van der Waals surface area contributed by atoms with Crippen molar-refractivity contribution in [2.24, 2.45) is 7.05 Å². The molecule has 3 N–H and O–H groups in total. The Balaban J connectivity index is 2.09. The second kappa shape index (κ2) is 5.19. The van der Waals surface area contributed by atoms with E-state index in [1.54, 1.807) is 37.6 Å². The molecule has 0 spiro atoms. The molecule has 1 aromatic heterocycles. The van der Waals surface area contributed by atoms with Crippen LogP contribution in [0, 0.1) is 0 Å². The van der Waals surface area contributed by atoms with E-state index in [1.807, 2.05) is 0 Å². The fourth-order valence-corrected chi connectivity index (χ4v) is 1.84. The molecule has 0 bridgehead atoms. The average molecular weight is 281 g/mol. The molecular formula is C12H13ClN4O2. The van der Waals surface area contributed by atoms with E-state index in [1.165, 1.54) is 9.13 Å². The van der Waals surface area contributed by atoms with Gasteiger partial charge in [0.2, 0.25) is 5.91 Å². The molecule has 6 nitrogen and oxygen atoms in total. The number of aromatic nitrogens is 2. The molecule has 19 heavy (non-hydrogen) atoms. The minimum absolute atomic E-state index is 0.0691. The molecule has 2 rings (SSSR count). The number of carbonyl (C=O) groups is 1. The summed E-state index contributed by atoms with van der Waals surface area (Å²) in [6.45, 7) is -0.0691. The molecule has 0 aliphatic carbocycles. The van der Waals surface area contributed by atoms with E-state index in [0.29, 0.717) is 16.4 Å². The molecule has 7 heteroatoms. The fraction of sp³-hybridized carbons (Fsp3) is 0.167. The number of rotatable bonds is 3. The number of nitrogens with one attached hydrogen (secondary N) is 1. The second-order valence-electron chi connectivity index (χ2n) is 4.11. The number of nitrogens with zero attached hydrogens (tertiary/aromatic N) is 2. The van der Waals surface area contributed by atoms with Gasteiger partial charge in [0.05, 0.1) is 10.7 Å². The Hall–Kier alpha value is -2.21. The molecule has 0 radical (unpaired) electrons. The third-order valence-electron chi connectivity index (χ3n) is 2.60. The number of nitrogens with two attached hydrogens (primary N) is 1. The van der Waals surface area contributed by atoms with Gasteiger partial charge >= 0.3 is 5.69 Å². The first kappa shape index (κ1) is 13.2. The van der Waals surface area contributed by atoms with Crippen molar-refractivity contribution in [1.29, 1.82) is 0 Å². The van der Waals surface area contributed by atoms with Crippen LogP contribution in [0.2, 0.25) is 5.02 Å². The van der Waals surface area contributed by atoms with Gasteiger partial charge in [0.1, 0.15) is 6.54 Å². The van der Waals surface area contributed by atoms with Gasteiger partial charge in [0.25, 0.3) is 0 Å². The summed E-state index contributed by atoms with van der Waals surface area (Å²) < 4.78 is 2.70. The van der Waals surface area contributed by atoms with Gasteiger partial charge in [-0.1, -0.05) is 11.6 Å². The zero-order valence-electron chi connectivity index (χ0n) is 10.3. The maximum Gasteiger partial charge on any atom is 0.328 e. The lowest BCUT2D eigenvalue weighted by atomic mass is 10.3. The number of imidazole rings is 1. The van der Waals surface area contributed by atoms with Crippen molar-refractivity contribution in [3.8, 4) is 0 Å². The summed E-state index contributed by atoms with van der Waals surface area (Å²) >= 11 is 5.94. The number of aryl methyl sites for hydroxylation is 1. The summed E-state index contributed by atoms with van der Waals surface area (Å²) in [5, 5.41) is 2.98. The summed E-state index contributed by atoms with van der Waals surface area (Å²) in [4.78, 5) is 23.4. The van der Waals surface area contributed by atoms with Gasteiger partial charge in [-0.25, -0.2) is 4.79 Å². The maximum atomic E-state index is 11.8. The predicted molar refractivity (Wildman–Crippen MR) is 74.2 cm³/mol. The number of hydrogen-bond acceptors (Lipinski definition) is 3. The normalized spacial score (nSPS) is 10.4. The molecule has 0 aliphatic rings. The zero-order valence-corrected chi connectivity index (χ0v) is 11.0. The van der Waals surface area contributed by atoms with Crippen molar-refractivity contribution in [2.45, 2.75) is 6.54 Å². The van der Waals surface area contributed by atoms with Crippen molar-refractivity contribution in [3.05, 3.63) is 46.1 Å². The Kier molecular flexibility index (Phi) is 3.62. The summed E-state index contributed by atoms with van der Waals surface area (Å²) in [5.74, 6) is -0.333. The Morgan fingerprint density at radius 2 is 2.16 bits per heavy atom. The summed E-state index contributed by atoms with van der Waals surface area (Å²) in [6, 6.07) is 4.80. The molecule has 0 aliphatic heterocycles. The molecule has 100 valence electrons. The Morgan fingerprint density at radius 1 is 1.42 bits per heavy atom. The molecule has 1 heterocycles. The number of carbonyl (C=O) groups excluding carboxylic acids is 1. The van der Waals surface area contributed by atoms with Crippen LogP contribution in [0.1, 0.15) is 0 Å². The molecule has 2 aromatic rings. The van der Waals surface area contributed by atoms with Crippen LogP contribution in [-0.4, -0.2) is 15.0 Å². The predicted octanol–water partition coefficient (Wildman–Crippen LogP) is 1.06.